The average molecular weight is 338 g/mol. The first-order valence-electron chi connectivity index (χ1n) is 6.89. The number of anilines is 3. The van der Waals surface area contributed by atoms with E-state index in [-0.39, 0.29) is 4.90 Å². The molecule has 0 saturated heterocycles. The molecule has 22 heavy (non-hydrogen) atoms. The van der Waals surface area contributed by atoms with Gasteiger partial charge in [0.15, 0.2) is 5.82 Å². The van der Waals surface area contributed by atoms with Crippen molar-refractivity contribution in [2.24, 2.45) is 0 Å². The molecule has 2 heterocycles. The van der Waals surface area contributed by atoms with Crippen LogP contribution in [0.3, 0.4) is 0 Å². The summed E-state index contributed by atoms with van der Waals surface area (Å²) in [5, 5.41) is 0.537. The molecule has 0 spiro atoms. The molecule has 1 aliphatic rings. The zero-order valence-electron chi connectivity index (χ0n) is 12.5. The first kappa shape index (κ1) is 15.1. The van der Waals surface area contributed by atoms with Gasteiger partial charge in [-0.05, 0) is 43.7 Å². The largest absolute Gasteiger partial charge is 0.324 e. The highest BCUT2D eigenvalue weighted by Crippen LogP contribution is 2.43. The van der Waals surface area contributed by atoms with Crippen LogP contribution in [-0.2, 0) is 10.0 Å². The number of nitrogens with zero attached hydrogens (tertiary/aromatic N) is 3. The fourth-order valence-electron chi connectivity index (χ4n) is 2.62. The number of aryl methyl sites for hydroxylation is 1. The van der Waals surface area contributed by atoms with Crippen molar-refractivity contribution in [3.63, 3.8) is 0 Å². The van der Waals surface area contributed by atoms with Crippen molar-refractivity contribution in [2.75, 3.05) is 22.8 Å². The van der Waals surface area contributed by atoms with E-state index in [1.165, 1.54) is 4.31 Å². The predicted molar refractivity (Wildman–Crippen MR) is 88.7 cm³/mol. The van der Waals surface area contributed by atoms with Gasteiger partial charge < -0.3 is 4.90 Å². The van der Waals surface area contributed by atoms with Crippen molar-refractivity contribution in [1.29, 1.82) is 0 Å². The Kier molecular flexibility index (Phi) is 3.53. The summed E-state index contributed by atoms with van der Waals surface area (Å²) in [7, 11) is -2.12. The van der Waals surface area contributed by atoms with Gasteiger partial charge in [-0.2, -0.15) is 0 Å². The van der Waals surface area contributed by atoms with Gasteiger partial charge in [0.05, 0.1) is 11.4 Å². The second kappa shape index (κ2) is 5.14. The molecule has 0 radical (unpaired) electrons. The number of hydrogen-bond acceptors (Lipinski definition) is 4. The van der Waals surface area contributed by atoms with E-state index in [4.69, 9.17) is 11.6 Å². The molecule has 0 N–H and O–H groups in total. The van der Waals surface area contributed by atoms with Crippen LogP contribution in [0.1, 0.15) is 12.5 Å². The van der Waals surface area contributed by atoms with E-state index in [0.717, 1.165) is 5.56 Å². The molecule has 1 aliphatic heterocycles. The van der Waals surface area contributed by atoms with E-state index >= 15 is 0 Å². The van der Waals surface area contributed by atoms with Gasteiger partial charge in [0, 0.05) is 24.8 Å². The van der Waals surface area contributed by atoms with Crippen LogP contribution in [-0.4, -0.2) is 27.0 Å². The second-order valence-electron chi connectivity index (χ2n) is 5.13. The number of sulfonamides is 1. The lowest BCUT2D eigenvalue weighted by Gasteiger charge is -2.23. The van der Waals surface area contributed by atoms with Crippen molar-refractivity contribution in [3.05, 3.63) is 41.0 Å². The van der Waals surface area contributed by atoms with E-state index in [2.05, 4.69) is 4.98 Å². The average Bonchev–Trinajstić information content (AvgIpc) is 2.56. The van der Waals surface area contributed by atoms with Crippen LogP contribution < -0.4 is 9.21 Å². The smallest absolute Gasteiger partial charge is 0.266 e. The monoisotopic (exact) mass is 337 g/mol. The molecule has 1 aromatic carbocycles. The van der Waals surface area contributed by atoms with E-state index in [1.54, 1.807) is 44.4 Å². The number of hydrogen-bond donors (Lipinski definition) is 0. The Hall–Kier alpha value is -1.79. The van der Waals surface area contributed by atoms with Crippen LogP contribution in [0.2, 0.25) is 5.02 Å². The van der Waals surface area contributed by atoms with Crippen molar-refractivity contribution in [2.45, 2.75) is 18.7 Å². The third-order valence-electron chi connectivity index (χ3n) is 3.85. The molecule has 0 bridgehead atoms. The van der Waals surface area contributed by atoms with Crippen molar-refractivity contribution in [3.8, 4) is 0 Å². The minimum absolute atomic E-state index is 0.247. The predicted octanol–water partition coefficient (Wildman–Crippen LogP) is 3.34. The third-order valence-corrected chi connectivity index (χ3v) is 6.05. The molecule has 0 unspecified atom stereocenters. The van der Waals surface area contributed by atoms with Gasteiger partial charge in [0.2, 0.25) is 0 Å². The zero-order chi connectivity index (χ0) is 16.1. The lowest BCUT2D eigenvalue weighted by Crippen LogP contribution is -2.25. The van der Waals surface area contributed by atoms with Crippen LogP contribution in [0.4, 0.5) is 17.2 Å². The van der Waals surface area contributed by atoms with Crippen LogP contribution in [0.5, 0.6) is 0 Å². The summed E-state index contributed by atoms with van der Waals surface area (Å²) in [6, 6.07) is 6.80. The van der Waals surface area contributed by atoms with E-state index in [9.17, 15) is 8.42 Å². The molecule has 2 aromatic rings. The highest BCUT2D eigenvalue weighted by Gasteiger charge is 2.34. The summed E-state index contributed by atoms with van der Waals surface area (Å²) in [6.45, 7) is 4.33. The minimum Gasteiger partial charge on any atom is -0.324 e. The fraction of sp³-hybridized carbons (Fsp3) is 0.267. The maximum absolute atomic E-state index is 12.9. The van der Waals surface area contributed by atoms with Crippen molar-refractivity contribution in [1.82, 2.24) is 4.98 Å². The van der Waals surface area contributed by atoms with Crippen molar-refractivity contribution >= 4 is 38.8 Å². The fourth-order valence-corrected chi connectivity index (χ4v) is 4.23. The molecule has 0 saturated carbocycles. The lowest BCUT2D eigenvalue weighted by atomic mass is 10.2. The first-order valence-corrected chi connectivity index (χ1v) is 8.71. The number of benzene rings is 1. The molecule has 7 heteroatoms. The molecular formula is C15H16ClN3O2S. The van der Waals surface area contributed by atoms with E-state index in [0.29, 0.717) is 28.8 Å². The highest BCUT2D eigenvalue weighted by molar-refractivity contribution is 7.93. The Morgan fingerprint density at radius 3 is 2.68 bits per heavy atom. The molecular weight excluding hydrogens is 322 g/mol. The Labute approximate surface area is 135 Å². The first-order chi connectivity index (χ1) is 10.4. The van der Waals surface area contributed by atoms with E-state index in [1.807, 2.05) is 11.8 Å². The third kappa shape index (κ3) is 2.06. The number of fused-ring (bicyclic) bond motifs is 2. The SMILES string of the molecule is CCN1c2cc(Cl)c(C)cc2S(=O)(=O)N(C)c2cccnc21. The Morgan fingerprint density at radius 1 is 1.27 bits per heavy atom. The molecule has 0 aliphatic carbocycles. The van der Waals surface area contributed by atoms with Crippen molar-refractivity contribution < 1.29 is 8.42 Å². The van der Waals surface area contributed by atoms with E-state index < -0.39 is 10.0 Å². The number of halogens is 1. The minimum atomic E-state index is -3.66. The van der Waals surface area contributed by atoms with Gasteiger partial charge in [-0.1, -0.05) is 11.6 Å². The van der Waals surface area contributed by atoms with Gasteiger partial charge in [-0.15, -0.1) is 0 Å². The van der Waals surface area contributed by atoms with Gasteiger partial charge in [0.1, 0.15) is 4.90 Å². The summed E-state index contributed by atoms with van der Waals surface area (Å²) in [5.41, 5.74) is 1.84. The van der Waals surface area contributed by atoms with Crippen LogP contribution >= 0.6 is 11.6 Å². The Morgan fingerprint density at radius 2 is 2.00 bits per heavy atom. The summed E-state index contributed by atoms with van der Waals surface area (Å²) >= 11 is 6.22. The van der Waals surface area contributed by atoms with Gasteiger partial charge >= 0.3 is 0 Å². The van der Waals surface area contributed by atoms with Gasteiger partial charge in [-0.25, -0.2) is 13.4 Å². The second-order valence-corrected chi connectivity index (χ2v) is 7.48. The van der Waals surface area contributed by atoms with Gasteiger partial charge in [0.25, 0.3) is 10.0 Å². The molecule has 116 valence electrons. The van der Waals surface area contributed by atoms with Crippen LogP contribution in [0.15, 0.2) is 35.4 Å². The number of pyridine rings is 1. The highest BCUT2D eigenvalue weighted by atomic mass is 35.5. The normalized spacial score (nSPS) is 16.0. The maximum atomic E-state index is 12.9. The van der Waals surface area contributed by atoms with Crippen LogP contribution in [0, 0.1) is 6.92 Å². The Bertz CT molecular complexity index is 852. The van der Waals surface area contributed by atoms with Crippen LogP contribution in [0.25, 0.3) is 0 Å². The molecule has 0 atom stereocenters. The topological polar surface area (TPSA) is 53.5 Å². The zero-order valence-corrected chi connectivity index (χ0v) is 14.1. The summed E-state index contributed by atoms with van der Waals surface area (Å²) in [5.74, 6) is 0.606. The lowest BCUT2D eigenvalue weighted by molar-refractivity contribution is 0.595. The maximum Gasteiger partial charge on any atom is 0.266 e. The summed E-state index contributed by atoms with van der Waals surface area (Å²) in [4.78, 5) is 6.49. The molecule has 0 amide bonds. The molecule has 1 aromatic heterocycles. The van der Waals surface area contributed by atoms with Gasteiger partial charge in [-0.3, -0.25) is 4.31 Å². The standard InChI is InChI=1S/C15H16ClN3O2S/c1-4-19-13-9-11(16)10(2)8-14(13)22(20,21)18(3)12-6-5-7-17-15(12)19/h5-9H,4H2,1-3H3. The molecule has 3 rings (SSSR count). The summed E-state index contributed by atoms with van der Waals surface area (Å²) < 4.78 is 27.2. The number of rotatable bonds is 1. The summed E-state index contributed by atoms with van der Waals surface area (Å²) in [6.07, 6.45) is 1.66. The molecule has 0 fully saturated rings. The number of aromatic nitrogens is 1. The quantitative estimate of drug-likeness (QED) is 0.801. The Balaban J connectivity index is 2.44. The molecule has 5 nitrogen and oxygen atoms in total.